The predicted molar refractivity (Wildman–Crippen MR) is 71.5 cm³/mol. The third kappa shape index (κ3) is 2.51. The molecule has 4 N–H and O–H groups in total. The van der Waals surface area contributed by atoms with Gasteiger partial charge in [0.25, 0.3) is 5.91 Å². The first-order valence-electron chi connectivity index (χ1n) is 5.82. The molecule has 0 unspecified atom stereocenters. The van der Waals surface area contributed by atoms with Crippen LogP contribution >= 0.6 is 0 Å². The fourth-order valence-electron chi connectivity index (χ4n) is 1.67. The molecule has 1 aromatic heterocycles. The average Bonchev–Trinajstić information content (AvgIpc) is 2.80. The smallest absolute Gasteiger partial charge is 0.257 e. The summed E-state index contributed by atoms with van der Waals surface area (Å²) in [4.78, 5) is 12.1. The first kappa shape index (κ1) is 12.2. The van der Waals surface area contributed by atoms with Crippen LogP contribution in [0.1, 0.15) is 28.5 Å². The van der Waals surface area contributed by atoms with Crippen molar-refractivity contribution >= 4 is 17.4 Å². The number of H-pyrrole nitrogens is 1. The van der Waals surface area contributed by atoms with E-state index in [9.17, 15) is 4.79 Å². The second-order valence-corrected chi connectivity index (χ2v) is 4.16. The van der Waals surface area contributed by atoms with Crippen LogP contribution in [0.5, 0.6) is 0 Å². The molecular weight excluding hydrogens is 228 g/mol. The molecule has 0 atom stereocenters. The quantitative estimate of drug-likeness (QED) is 0.723. The molecule has 5 nitrogen and oxygen atoms in total. The average molecular weight is 244 g/mol. The molecule has 1 amide bonds. The van der Waals surface area contributed by atoms with Crippen LogP contribution in [0, 0.1) is 6.92 Å². The standard InChI is InChI=1S/C13H16N4O/c1-3-10-7-12(17-16-10)15-13(18)11-6-9(14)5-4-8(11)2/h4-7H,3,14H2,1-2H3,(H2,15,16,17,18). The number of carbonyl (C=O) groups is 1. The number of rotatable bonds is 3. The van der Waals surface area contributed by atoms with E-state index in [1.54, 1.807) is 12.1 Å². The number of nitrogens with two attached hydrogens (primary N) is 1. The molecular formula is C13H16N4O. The third-order valence-electron chi connectivity index (χ3n) is 2.76. The van der Waals surface area contributed by atoms with Gasteiger partial charge in [-0.3, -0.25) is 9.89 Å². The summed E-state index contributed by atoms with van der Waals surface area (Å²) < 4.78 is 0. The van der Waals surface area contributed by atoms with E-state index >= 15 is 0 Å². The van der Waals surface area contributed by atoms with Crippen LogP contribution < -0.4 is 11.1 Å². The lowest BCUT2D eigenvalue weighted by Gasteiger charge is -2.06. The van der Waals surface area contributed by atoms with Crippen molar-refractivity contribution < 1.29 is 4.79 Å². The number of anilines is 2. The Morgan fingerprint density at radius 2 is 2.22 bits per heavy atom. The van der Waals surface area contributed by atoms with E-state index in [0.717, 1.165) is 17.7 Å². The van der Waals surface area contributed by atoms with E-state index in [0.29, 0.717) is 17.1 Å². The number of benzene rings is 1. The molecule has 1 aromatic carbocycles. The number of carbonyl (C=O) groups excluding carboxylic acids is 1. The van der Waals surface area contributed by atoms with Crippen LogP contribution in [0.3, 0.4) is 0 Å². The van der Waals surface area contributed by atoms with Crippen molar-refractivity contribution in [1.82, 2.24) is 10.2 Å². The van der Waals surface area contributed by atoms with Crippen LogP contribution in [0.15, 0.2) is 24.3 Å². The van der Waals surface area contributed by atoms with Crippen molar-refractivity contribution in [3.05, 3.63) is 41.1 Å². The van der Waals surface area contributed by atoms with Gasteiger partial charge in [0.2, 0.25) is 0 Å². The van der Waals surface area contributed by atoms with E-state index in [2.05, 4.69) is 15.5 Å². The highest BCUT2D eigenvalue weighted by Gasteiger charge is 2.11. The molecule has 0 saturated carbocycles. The molecule has 2 rings (SSSR count). The van der Waals surface area contributed by atoms with E-state index in [-0.39, 0.29) is 5.91 Å². The van der Waals surface area contributed by atoms with Crippen molar-refractivity contribution in [2.45, 2.75) is 20.3 Å². The molecule has 0 aliphatic heterocycles. The van der Waals surface area contributed by atoms with Crippen LogP contribution in [0.25, 0.3) is 0 Å². The number of amides is 1. The molecule has 2 aromatic rings. The lowest BCUT2D eigenvalue weighted by molar-refractivity contribution is 0.102. The van der Waals surface area contributed by atoms with Crippen molar-refractivity contribution in [3.63, 3.8) is 0 Å². The summed E-state index contributed by atoms with van der Waals surface area (Å²) in [5, 5.41) is 9.61. The monoisotopic (exact) mass is 244 g/mol. The predicted octanol–water partition coefficient (Wildman–Crippen LogP) is 2.12. The maximum atomic E-state index is 12.1. The molecule has 0 aliphatic carbocycles. The van der Waals surface area contributed by atoms with Crippen molar-refractivity contribution in [1.29, 1.82) is 0 Å². The summed E-state index contributed by atoms with van der Waals surface area (Å²) in [5.74, 6) is 0.327. The van der Waals surface area contributed by atoms with E-state index in [4.69, 9.17) is 5.73 Å². The Bertz CT molecular complexity index is 574. The van der Waals surface area contributed by atoms with E-state index in [1.807, 2.05) is 26.0 Å². The molecule has 0 saturated heterocycles. The molecule has 0 fully saturated rings. The molecule has 18 heavy (non-hydrogen) atoms. The van der Waals surface area contributed by atoms with Gasteiger partial charge in [-0.05, 0) is 31.0 Å². The van der Waals surface area contributed by atoms with Gasteiger partial charge in [-0.1, -0.05) is 13.0 Å². The highest BCUT2D eigenvalue weighted by molar-refractivity contribution is 6.05. The van der Waals surface area contributed by atoms with Crippen molar-refractivity contribution in [2.75, 3.05) is 11.1 Å². The first-order chi connectivity index (χ1) is 8.60. The summed E-state index contributed by atoms with van der Waals surface area (Å²) in [6.07, 6.45) is 0.847. The topological polar surface area (TPSA) is 83.8 Å². The van der Waals surface area contributed by atoms with Crippen LogP contribution in [0.4, 0.5) is 11.5 Å². The Morgan fingerprint density at radius 3 is 2.89 bits per heavy atom. The molecule has 0 radical (unpaired) electrons. The van der Waals surface area contributed by atoms with Crippen molar-refractivity contribution in [3.8, 4) is 0 Å². The molecule has 94 valence electrons. The van der Waals surface area contributed by atoms with Crippen molar-refractivity contribution in [2.24, 2.45) is 0 Å². The van der Waals surface area contributed by atoms with Gasteiger partial charge in [-0.15, -0.1) is 0 Å². The van der Waals surface area contributed by atoms with E-state index in [1.165, 1.54) is 0 Å². The Labute approximate surface area is 105 Å². The molecule has 0 bridgehead atoms. The third-order valence-corrected chi connectivity index (χ3v) is 2.76. The number of hydrogen-bond donors (Lipinski definition) is 3. The Kier molecular flexibility index (Phi) is 3.32. The van der Waals surface area contributed by atoms with Crippen LogP contribution in [0.2, 0.25) is 0 Å². The number of nitrogens with one attached hydrogen (secondary N) is 2. The van der Waals surface area contributed by atoms with Gasteiger partial charge in [0, 0.05) is 23.0 Å². The second-order valence-electron chi connectivity index (χ2n) is 4.16. The van der Waals surface area contributed by atoms with E-state index < -0.39 is 0 Å². The second kappa shape index (κ2) is 4.91. The number of aromatic amines is 1. The van der Waals surface area contributed by atoms with Gasteiger partial charge in [0.05, 0.1) is 0 Å². The summed E-state index contributed by atoms with van der Waals surface area (Å²) >= 11 is 0. The largest absolute Gasteiger partial charge is 0.399 e. The lowest BCUT2D eigenvalue weighted by Crippen LogP contribution is -2.14. The summed E-state index contributed by atoms with van der Waals surface area (Å²) in [6.45, 7) is 3.89. The molecule has 0 aliphatic rings. The minimum atomic E-state index is -0.200. The lowest BCUT2D eigenvalue weighted by atomic mass is 10.1. The summed E-state index contributed by atoms with van der Waals surface area (Å²) in [6, 6.07) is 7.08. The van der Waals surface area contributed by atoms with Gasteiger partial charge in [0.1, 0.15) is 0 Å². The van der Waals surface area contributed by atoms with Gasteiger partial charge >= 0.3 is 0 Å². The molecule has 1 heterocycles. The SMILES string of the molecule is CCc1cc(NC(=O)c2cc(N)ccc2C)n[nH]1. The number of nitrogen functional groups attached to an aromatic ring is 1. The highest BCUT2D eigenvalue weighted by Crippen LogP contribution is 2.15. The maximum Gasteiger partial charge on any atom is 0.257 e. The van der Waals surface area contributed by atoms with Crippen LogP contribution in [-0.2, 0) is 6.42 Å². The Morgan fingerprint density at radius 1 is 1.44 bits per heavy atom. The number of aromatic nitrogens is 2. The zero-order valence-electron chi connectivity index (χ0n) is 10.4. The first-order valence-corrected chi connectivity index (χ1v) is 5.82. The zero-order valence-corrected chi connectivity index (χ0v) is 10.4. The molecule has 5 heteroatoms. The maximum absolute atomic E-state index is 12.1. The van der Waals surface area contributed by atoms with Gasteiger partial charge in [0.15, 0.2) is 5.82 Å². The van der Waals surface area contributed by atoms with Gasteiger partial charge < -0.3 is 11.1 Å². The summed E-state index contributed by atoms with van der Waals surface area (Å²) in [7, 11) is 0. The van der Waals surface area contributed by atoms with Crippen LogP contribution in [-0.4, -0.2) is 16.1 Å². The van der Waals surface area contributed by atoms with Gasteiger partial charge in [-0.25, -0.2) is 0 Å². The normalized spacial score (nSPS) is 10.3. The summed E-state index contributed by atoms with van der Waals surface area (Å²) in [5.41, 5.74) is 8.68. The Hall–Kier alpha value is -2.30. The number of aryl methyl sites for hydroxylation is 2. The van der Waals surface area contributed by atoms with Gasteiger partial charge in [-0.2, -0.15) is 5.10 Å². The minimum Gasteiger partial charge on any atom is -0.399 e. The molecule has 0 spiro atoms. The zero-order chi connectivity index (χ0) is 13.1. The number of nitrogens with zero attached hydrogens (tertiary/aromatic N) is 1. The fourth-order valence-corrected chi connectivity index (χ4v) is 1.67. The number of hydrogen-bond acceptors (Lipinski definition) is 3. The highest BCUT2D eigenvalue weighted by atomic mass is 16.1. The minimum absolute atomic E-state index is 0.200. The fraction of sp³-hybridized carbons (Fsp3) is 0.231. The Balaban J connectivity index is 2.19.